The molecule has 0 aliphatic rings. The van der Waals surface area contributed by atoms with Crippen LogP contribution in [0.1, 0.15) is 18.5 Å². The monoisotopic (exact) mass is 140 g/mol. The molecule has 1 N–H and O–H groups in total. The molecule has 10 heavy (non-hydrogen) atoms. The van der Waals surface area contributed by atoms with Crippen LogP contribution in [0, 0.1) is 6.92 Å². The van der Waals surface area contributed by atoms with Gasteiger partial charge in [0.1, 0.15) is 6.26 Å². The molecule has 0 fully saturated rings. The highest BCUT2D eigenvalue weighted by molar-refractivity contribution is 4.94. The molecule has 1 aromatic rings. The normalized spacial score (nSPS) is 10.2. The Hall–Kier alpha value is -0.830. The molecule has 56 valence electrons. The molecule has 0 aliphatic heterocycles. The van der Waals surface area contributed by atoms with Crippen LogP contribution in [-0.2, 0) is 6.54 Å². The third-order valence-electron chi connectivity index (χ3n) is 1.22. The molecule has 0 amide bonds. The fraction of sp³-hybridized carbons (Fsp3) is 0.571. The van der Waals surface area contributed by atoms with Gasteiger partial charge >= 0.3 is 0 Å². The number of aromatic nitrogens is 1. The van der Waals surface area contributed by atoms with Crippen LogP contribution in [0.25, 0.3) is 0 Å². The topological polar surface area (TPSA) is 38.1 Å². The van der Waals surface area contributed by atoms with Crippen molar-refractivity contribution >= 4 is 0 Å². The van der Waals surface area contributed by atoms with Crippen LogP contribution >= 0.6 is 0 Å². The third-order valence-corrected chi connectivity index (χ3v) is 1.22. The molecule has 3 nitrogen and oxygen atoms in total. The van der Waals surface area contributed by atoms with Gasteiger partial charge in [-0.2, -0.15) is 0 Å². The maximum atomic E-state index is 5.01. The van der Waals surface area contributed by atoms with Crippen LogP contribution in [0.2, 0.25) is 0 Å². The molecular formula is C7H12N2O. The maximum absolute atomic E-state index is 5.01. The largest absolute Gasteiger partial charge is 0.449 e. The highest BCUT2D eigenvalue weighted by Gasteiger charge is 1.96. The van der Waals surface area contributed by atoms with Gasteiger partial charge in [-0.3, -0.25) is 0 Å². The van der Waals surface area contributed by atoms with Crippen molar-refractivity contribution in [2.24, 2.45) is 0 Å². The Balaban J connectivity index is 2.42. The van der Waals surface area contributed by atoms with Gasteiger partial charge < -0.3 is 9.73 Å². The Bertz CT molecular complexity index is 195. The highest BCUT2D eigenvalue weighted by atomic mass is 16.3. The second-order valence-electron chi connectivity index (χ2n) is 2.14. The van der Waals surface area contributed by atoms with Gasteiger partial charge in [0.25, 0.3) is 0 Å². The number of nitrogens with zero attached hydrogens (tertiary/aromatic N) is 1. The van der Waals surface area contributed by atoms with E-state index in [9.17, 15) is 0 Å². The molecule has 0 saturated heterocycles. The zero-order valence-electron chi connectivity index (χ0n) is 6.35. The Labute approximate surface area is 60.5 Å². The molecule has 0 aromatic carbocycles. The Kier molecular flexibility index (Phi) is 2.45. The van der Waals surface area contributed by atoms with Crippen LogP contribution in [0.4, 0.5) is 0 Å². The van der Waals surface area contributed by atoms with Crippen molar-refractivity contribution in [1.29, 1.82) is 0 Å². The standard InChI is InChI=1S/C7H12N2O/c1-3-8-4-7-5-10-6(2)9-7/h5,8H,3-4H2,1-2H3. The number of hydrogen-bond acceptors (Lipinski definition) is 3. The van der Waals surface area contributed by atoms with Crippen molar-refractivity contribution in [2.75, 3.05) is 6.54 Å². The van der Waals surface area contributed by atoms with Gasteiger partial charge in [-0.25, -0.2) is 4.98 Å². The van der Waals surface area contributed by atoms with Crippen LogP contribution < -0.4 is 5.32 Å². The van der Waals surface area contributed by atoms with Crippen LogP contribution in [0.15, 0.2) is 10.7 Å². The summed E-state index contributed by atoms with van der Waals surface area (Å²) in [4.78, 5) is 4.12. The van der Waals surface area contributed by atoms with Crippen LogP contribution in [0.5, 0.6) is 0 Å². The lowest BCUT2D eigenvalue weighted by Gasteiger charge is -1.93. The van der Waals surface area contributed by atoms with E-state index >= 15 is 0 Å². The van der Waals surface area contributed by atoms with Crippen molar-refractivity contribution in [2.45, 2.75) is 20.4 Å². The first-order chi connectivity index (χ1) is 4.83. The highest BCUT2D eigenvalue weighted by Crippen LogP contribution is 1.98. The number of hydrogen-bond donors (Lipinski definition) is 1. The Morgan fingerprint density at radius 3 is 3.00 bits per heavy atom. The van der Waals surface area contributed by atoms with Gasteiger partial charge in [-0.1, -0.05) is 6.92 Å². The molecule has 1 aromatic heterocycles. The predicted molar refractivity (Wildman–Crippen MR) is 38.6 cm³/mol. The van der Waals surface area contributed by atoms with E-state index in [-0.39, 0.29) is 0 Å². The minimum Gasteiger partial charge on any atom is -0.449 e. The van der Waals surface area contributed by atoms with Gasteiger partial charge in [-0.15, -0.1) is 0 Å². The van der Waals surface area contributed by atoms with Crippen molar-refractivity contribution in [3.8, 4) is 0 Å². The van der Waals surface area contributed by atoms with Gasteiger partial charge in [-0.05, 0) is 6.54 Å². The summed E-state index contributed by atoms with van der Waals surface area (Å²) in [5.41, 5.74) is 0.972. The van der Waals surface area contributed by atoms with E-state index in [1.807, 2.05) is 6.92 Å². The second kappa shape index (κ2) is 3.37. The molecule has 0 bridgehead atoms. The van der Waals surface area contributed by atoms with Crippen molar-refractivity contribution in [1.82, 2.24) is 10.3 Å². The molecule has 3 heteroatoms. The number of oxazole rings is 1. The van der Waals surface area contributed by atoms with E-state index < -0.39 is 0 Å². The van der Waals surface area contributed by atoms with E-state index in [2.05, 4.69) is 17.2 Å². The third kappa shape index (κ3) is 1.84. The Morgan fingerprint density at radius 2 is 2.50 bits per heavy atom. The lowest BCUT2D eigenvalue weighted by molar-refractivity contribution is 0.520. The lowest BCUT2D eigenvalue weighted by atomic mass is 10.5. The van der Waals surface area contributed by atoms with E-state index in [1.165, 1.54) is 0 Å². The van der Waals surface area contributed by atoms with Crippen LogP contribution in [0.3, 0.4) is 0 Å². The molecule has 0 atom stereocenters. The summed E-state index contributed by atoms with van der Waals surface area (Å²) in [7, 11) is 0. The van der Waals surface area contributed by atoms with Gasteiger partial charge in [0.05, 0.1) is 5.69 Å². The van der Waals surface area contributed by atoms with Crippen molar-refractivity contribution in [3.05, 3.63) is 17.8 Å². The average Bonchev–Trinajstić information content (AvgIpc) is 2.31. The fourth-order valence-electron chi connectivity index (χ4n) is 0.743. The molecule has 1 rings (SSSR count). The number of nitrogens with one attached hydrogen (secondary N) is 1. The number of aryl methyl sites for hydroxylation is 1. The van der Waals surface area contributed by atoms with E-state index in [1.54, 1.807) is 6.26 Å². The summed E-state index contributed by atoms with van der Waals surface area (Å²) in [6, 6.07) is 0. The molecule has 0 saturated carbocycles. The van der Waals surface area contributed by atoms with Gasteiger partial charge in [0, 0.05) is 13.5 Å². The zero-order valence-corrected chi connectivity index (χ0v) is 6.35. The predicted octanol–water partition coefficient (Wildman–Crippen LogP) is 1.09. The average molecular weight is 140 g/mol. The molecule has 1 heterocycles. The summed E-state index contributed by atoms with van der Waals surface area (Å²) in [6.07, 6.45) is 1.68. The summed E-state index contributed by atoms with van der Waals surface area (Å²) in [6.45, 7) is 5.67. The minimum atomic E-state index is 0.730. The minimum absolute atomic E-state index is 0.730. The molecule has 0 radical (unpaired) electrons. The lowest BCUT2D eigenvalue weighted by Crippen LogP contribution is -2.11. The van der Waals surface area contributed by atoms with E-state index in [4.69, 9.17) is 4.42 Å². The molecule has 0 spiro atoms. The van der Waals surface area contributed by atoms with Crippen molar-refractivity contribution < 1.29 is 4.42 Å². The zero-order chi connectivity index (χ0) is 7.40. The first kappa shape index (κ1) is 7.28. The summed E-state index contributed by atoms with van der Waals surface area (Å²) >= 11 is 0. The van der Waals surface area contributed by atoms with E-state index in [0.717, 1.165) is 24.7 Å². The quantitative estimate of drug-likeness (QED) is 0.683. The molecule has 0 unspecified atom stereocenters. The van der Waals surface area contributed by atoms with Gasteiger partial charge in [0.15, 0.2) is 5.89 Å². The first-order valence-electron chi connectivity index (χ1n) is 3.44. The van der Waals surface area contributed by atoms with Gasteiger partial charge in [0.2, 0.25) is 0 Å². The first-order valence-corrected chi connectivity index (χ1v) is 3.44. The smallest absolute Gasteiger partial charge is 0.191 e. The van der Waals surface area contributed by atoms with Crippen LogP contribution in [-0.4, -0.2) is 11.5 Å². The summed E-state index contributed by atoms with van der Waals surface area (Å²) < 4.78 is 5.01. The number of rotatable bonds is 3. The summed E-state index contributed by atoms with van der Waals surface area (Å²) in [5, 5.41) is 3.16. The fourth-order valence-corrected chi connectivity index (χ4v) is 0.743. The summed E-state index contributed by atoms with van der Waals surface area (Å²) in [5.74, 6) is 0.730. The Morgan fingerprint density at radius 1 is 1.70 bits per heavy atom. The second-order valence-corrected chi connectivity index (χ2v) is 2.14. The van der Waals surface area contributed by atoms with E-state index in [0.29, 0.717) is 0 Å². The molecule has 0 aliphatic carbocycles. The maximum Gasteiger partial charge on any atom is 0.191 e. The molecular weight excluding hydrogens is 128 g/mol. The SMILES string of the molecule is CCNCc1coc(C)n1. The van der Waals surface area contributed by atoms with Crippen molar-refractivity contribution in [3.63, 3.8) is 0 Å².